The van der Waals surface area contributed by atoms with E-state index in [9.17, 15) is 0 Å². The van der Waals surface area contributed by atoms with E-state index >= 15 is 0 Å². The van der Waals surface area contributed by atoms with Gasteiger partial charge >= 0.3 is 0 Å². The maximum absolute atomic E-state index is 5.38. The number of ether oxygens (including phenoxy) is 1. The van der Waals surface area contributed by atoms with Gasteiger partial charge in [0.25, 0.3) is 0 Å². The average Bonchev–Trinajstić information content (AvgIpc) is 3.09. The molecule has 0 amide bonds. The zero-order valence-corrected chi connectivity index (χ0v) is 15.5. The SMILES string of the molecule is CN=C(NCCN1CCOCC1)NCC(C)N1CCc2ccccc21. The van der Waals surface area contributed by atoms with Crippen LogP contribution in [0.4, 0.5) is 5.69 Å². The Morgan fingerprint density at radius 2 is 2.00 bits per heavy atom. The van der Waals surface area contributed by atoms with Crippen LogP contribution in [0.5, 0.6) is 0 Å². The van der Waals surface area contributed by atoms with E-state index in [0.29, 0.717) is 6.04 Å². The highest BCUT2D eigenvalue weighted by Gasteiger charge is 2.22. The third-order valence-electron chi connectivity index (χ3n) is 5.07. The highest BCUT2D eigenvalue weighted by molar-refractivity contribution is 5.79. The Labute approximate surface area is 151 Å². The summed E-state index contributed by atoms with van der Waals surface area (Å²) in [7, 11) is 1.83. The largest absolute Gasteiger partial charge is 0.379 e. The fourth-order valence-corrected chi connectivity index (χ4v) is 3.55. The van der Waals surface area contributed by atoms with Gasteiger partial charge in [0.15, 0.2) is 5.96 Å². The third-order valence-corrected chi connectivity index (χ3v) is 5.07. The maximum Gasteiger partial charge on any atom is 0.191 e. The first-order valence-corrected chi connectivity index (χ1v) is 9.37. The number of nitrogens with one attached hydrogen (secondary N) is 2. The summed E-state index contributed by atoms with van der Waals surface area (Å²) in [6.45, 7) is 9.94. The summed E-state index contributed by atoms with van der Waals surface area (Å²) in [6, 6.07) is 9.16. The lowest BCUT2D eigenvalue weighted by Gasteiger charge is -2.29. The molecule has 6 nitrogen and oxygen atoms in total. The van der Waals surface area contributed by atoms with Crippen molar-refractivity contribution in [3.8, 4) is 0 Å². The summed E-state index contributed by atoms with van der Waals surface area (Å²) in [6.07, 6.45) is 1.15. The van der Waals surface area contributed by atoms with Crippen LogP contribution in [0.2, 0.25) is 0 Å². The van der Waals surface area contributed by atoms with Crippen molar-refractivity contribution >= 4 is 11.6 Å². The van der Waals surface area contributed by atoms with Crippen molar-refractivity contribution in [2.24, 2.45) is 4.99 Å². The van der Waals surface area contributed by atoms with Gasteiger partial charge in [0.1, 0.15) is 0 Å². The van der Waals surface area contributed by atoms with Crippen LogP contribution < -0.4 is 15.5 Å². The van der Waals surface area contributed by atoms with Gasteiger partial charge in [-0.2, -0.15) is 0 Å². The van der Waals surface area contributed by atoms with Gasteiger partial charge in [-0.25, -0.2) is 0 Å². The van der Waals surface area contributed by atoms with Gasteiger partial charge in [0.2, 0.25) is 0 Å². The van der Waals surface area contributed by atoms with E-state index < -0.39 is 0 Å². The molecule has 0 aliphatic carbocycles. The molecule has 1 unspecified atom stereocenters. The highest BCUT2D eigenvalue weighted by atomic mass is 16.5. The van der Waals surface area contributed by atoms with E-state index in [1.807, 2.05) is 7.05 Å². The minimum atomic E-state index is 0.432. The van der Waals surface area contributed by atoms with Crippen LogP contribution in [0.15, 0.2) is 29.3 Å². The van der Waals surface area contributed by atoms with Gasteiger partial charge in [-0.05, 0) is 25.0 Å². The number of anilines is 1. The van der Waals surface area contributed by atoms with Crippen LogP contribution in [0, 0.1) is 0 Å². The number of fused-ring (bicyclic) bond motifs is 1. The highest BCUT2D eigenvalue weighted by Crippen LogP contribution is 2.28. The lowest BCUT2D eigenvalue weighted by atomic mass is 10.2. The Balaban J connectivity index is 1.40. The number of para-hydroxylation sites is 1. The lowest BCUT2D eigenvalue weighted by Crippen LogP contribution is -2.48. The molecule has 138 valence electrons. The monoisotopic (exact) mass is 345 g/mol. The molecule has 25 heavy (non-hydrogen) atoms. The van der Waals surface area contributed by atoms with Gasteiger partial charge in [-0.1, -0.05) is 18.2 Å². The summed E-state index contributed by atoms with van der Waals surface area (Å²) >= 11 is 0. The van der Waals surface area contributed by atoms with Gasteiger partial charge in [-0.15, -0.1) is 0 Å². The molecule has 0 aromatic heterocycles. The Morgan fingerprint density at radius 1 is 1.20 bits per heavy atom. The molecule has 1 aromatic carbocycles. The van der Waals surface area contributed by atoms with Crippen LogP contribution in [-0.4, -0.2) is 76.4 Å². The molecule has 1 saturated heterocycles. The van der Waals surface area contributed by atoms with Crippen LogP contribution in [0.1, 0.15) is 12.5 Å². The van der Waals surface area contributed by atoms with Gasteiger partial charge < -0.3 is 20.3 Å². The van der Waals surface area contributed by atoms with Crippen molar-refractivity contribution in [3.05, 3.63) is 29.8 Å². The second-order valence-electron chi connectivity index (χ2n) is 6.76. The van der Waals surface area contributed by atoms with E-state index in [-0.39, 0.29) is 0 Å². The first-order chi connectivity index (χ1) is 12.3. The topological polar surface area (TPSA) is 52.1 Å². The molecular formula is C19H31N5O. The van der Waals surface area contributed by atoms with Crippen molar-refractivity contribution in [1.82, 2.24) is 15.5 Å². The molecule has 0 spiro atoms. The number of hydrogen-bond donors (Lipinski definition) is 2. The number of morpholine rings is 1. The lowest BCUT2D eigenvalue weighted by molar-refractivity contribution is 0.0389. The van der Waals surface area contributed by atoms with Crippen LogP contribution in [-0.2, 0) is 11.2 Å². The second-order valence-corrected chi connectivity index (χ2v) is 6.76. The summed E-state index contributed by atoms with van der Waals surface area (Å²) in [5.41, 5.74) is 2.84. The third kappa shape index (κ3) is 4.86. The fraction of sp³-hybridized carbons (Fsp3) is 0.632. The zero-order valence-electron chi connectivity index (χ0n) is 15.5. The summed E-state index contributed by atoms with van der Waals surface area (Å²) in [5, 5.41) is 6.89. The van der Waals surface area contributed by atoms with Crippen LogP contribution in [0.25, 0.3) is 0 Å². The van der Waals surface area contributed by atoms with Crippen LogP contribution >= 0.6 is 0 Å². The predicted octanol–water partition coefficient (Wildman–Crippen LogP) is 0.935. The molecule has 0 radical (unpaired) electrons. The Hall–Kier alpha value is -1.79. The number of aliphatic imine (C=N–C) groups is 1. The van der Waals surface area contributed by atoms with Gasteiger partial charge in [0.05, 0.1) is 13.2 Å². The summed E-state index contributed by atoms with van der Waals surface area (Å²) < 4.78 is 5.38. The average molecular weight is 345 g/mol. The van der Waals surface area contributed by atoms with Gasteiger partial charge in [-0.3, -0.25) is 9.89 Å². The molecule has 1 fully saturated rings. The maximum atomic E-state index is 5.38. The molecule has 1 atom stereocenters. The van der Waals surface area contributed by atoms with Crippen molar-refractivity contribution in [2.45, 2.75) is 19.4 Å². The predicted molar refractivity (Wildman–Crippen MR) is 104 cm³/mol. The number of hydrogen-bond acceptors (Lipinski definition) is 4. The second kappa shape index (κ2) is 9.06. The molecule has 0 saturated carbocycles. The normalized spacial score (nSPS) is 19.6. The first kappa shape index (κ1) is 18.0. The molecular weight excluding hydrogens is 314 g/mol. The quantitative estimate of drug-likeness (QED) is 0.594. The fourth-order valence-electron chi connectivity index (χ4n) is 3.55. The van der Waals surface area contributed by atoms with Crippen LogP contribution in [0.3, 0.4) is 0 Å². The number of benzene rings is 1. The molecule has 0 bridgehead atoms. The number of guanidine groups is 1. The van der Waals surface area contributed by atoms with Crippen molar-refractivity contribution in [2.75, 3.05) is 64.4 Å². The molecule has 3 rings (SSSR count). The molecule has 6 heteroatoms. The number of rotatable bonds is 6. The Kier molecular flexibility index (Phi) is 6.53. The molecule has 2 aliphatic heterocycles. The molecule has 2 heterocycles. The van der Waals surface area contributed by atoms with E-state index in [2.05, 4.69) is 56.6 Å². The van der Waals surface area contributed by atoms with E-state index in [1.54, 1.807) is 0 Å². The molecule has 2 aliphatic rings. The van der Waals surface area contributed by atoms with Crippen molar-refractivity contribution in [1.29, 1.82) is 0 Å². The first-order valence-electron chi connectivity index (χ1n) is 9.37. The van der Waals surface area contributed by atoms with Gasteiger partial charge in [0, 0.05) is 58.0 Å². The summed E-state index contributed by atoms with van der Waals surface area (Å²) in [4.78, 5) is 9.26. The van der Waals surface area contributed by atoms with Crippen molar-refractivity contribution in [3.63, 3.8) is 0 Å². The minimum absolute atomic E-state index is 0.432. The van der Waals surface area contributed by atoms with E-state index in [0.717, 1.165) is 64.9 Å². The smallest absolute Gasteiger partial charge is 0.191 e. The summed E-state index contributed by atoms with van der Waals surface area (Å²) in [5.74, 6) is 0.882. The Bertz CT molecular complexity index is 571. The minimum Gasteiger partial charge on any atom is -0.379 e. The number of nitrogens with zero attached hydrogens (tertiary/aromatic N) is 3. The van der Waals surface area contributed by atoms with Crippen molar-refractivity contribution < 1.29 is 4.74 Å². The van der Waals surface area contributed by atoms with E-state index in [4.69, 9.17) is 4.74 Å². The Morgan fingerprint density at radius 3 is 2.80 bits per heavy atom. The van der Waals surface area contributed by atoms with E-state index in [1.165, 1.54) is 11.3 Å². The standard InChI is InChI=1S/C19H31N5O/c1-16(24-9-7-17-5-3-4-6-18(17)24)15-22-19(20-2)21-8-10-23-11-13-25-14-12-23/h3-6,16H,7-15H2,1-2H3,(H2,20,21,22). The zero-order chi connectivity index (χ0) is 17.5. The molecule has 2 N–H and O–H groups in total. The molecule has 1 aromatic rings.